The highest BCUT2D eigenvalue weighted by atomic mass is 16.6. The van der Waals surface area contributed by atoms with Crippen molar-refractivity contribution >= 4 is 22.9 Å². The number of hydrogen-bond acceptors (Lipinski definition) is 7. The zero-order chi connectivity index (χ0) is 18.6. The van der Waals surface area contributed by atoms with Crippen molar-refractivity contribution in [1.29, 1.82) is 0 Å². The van der Waals surface area contributed by atoms with Gasteiger partial charge in [0.05, 0.1) is 5.56 Å². The molecule has 2 rings (SSSR count). The predicted molar refractivity (Wildman–Crippen MR) is 91.6 cm³/mol. The monoisotopic (exact) mass is 347 g/mol. The minimum absolute atomic E-state index is 0.00128. The number of carbonyl (C=O) groups excluding carboxylic acids is 2. The van der Waals surface area contributed by atoms with Gasteiger partial charge < -0.3 is 19.6 Å². The molecule has 1 unspecified atom stereocenters. The number of benzene rings is 1. The Balaban J connectivity index is 2.59. The summed E-state index contributed by atoms with van der Waals surface area (Å²) in [5.74, 6) is -1.33. The molecule has 134 valence electrons. The molecular formula is C18H21NO6. The first-order chi connectivity index (χ1) is 11.8. The number of nitrogens with two attached hydrogens (primary N) is 1. The Labute approximate surface area is 144 Å². The van der Waals surface area contributed by atoms with Crippen molar-refractivity contribution in [2.24, 2.45) is 5.73 Å². The standard InChI is InChI=1S/C18H21NO6/c1-4-5-6-14(19)13-9-12-7-8-15(23-10(2)20)17(24-11(3)21)16(12)25-18(13)22/h7-9,14H,4-6,19H2,1-3H3. The van der Waals surface area contributed by atoms with Gasteiger partial charge in [-0.1, -0.05) is 19.8 Å². The Morgan fingerprint density at radius 2 is 1.88 bits per heavy atom. The van der Waals surface area contributed by atoms with Crippen molar-refractivity contribution in [1.82, 2.24) is 0 Å². The Morgan fingerprint density at radius 3 is 2.48 bits per heavy atom. The third-order valence-electron chi connectivity index (χ3n) is 3.62. The number of rotatable bonds is 6. The van der Waals surface area contributed by atoms with E-state index in [1.165, 1.54) is 19.9 Å². The zero-order valence-corrected chi connectivity index (χ0v) is 14.5. The van der Waals surface area contributed by atoms with Gasteiger partial charge in [0.2, 0.25) is 5.75 Å². The van der Waals surface area contributed by atoms with Crippen molar-refractivity contribution < 1.29 is 23.5 Å². The summed E-state index contributed by atoms with van der Waals surface area (Å²) in [5.41, 5.74) is 5.86. The van der Waals surface area contributed by atoms with Gasteiger partial charge in [0.15, 0.2) is 11.3 Å². The Bertz CT molecular complexity index is 855. The zero-order valence-electron chi connectivity index (χ0n) is 14.5. The van der Waals surface area contributed by atoms with E-state index in [0.29, 0.717) is 17.4 Å². The predicted octanol–water partition coefficient (Wildman–Crippen LogP) is 2.83. The van der Waals surface area contributed by atoms with Gasteiger partial charge in [-0.05, 0) is 24.6 Å². The normalized spacial score (nSPS) is 12.0. The van der Waals surface area contributed by atoms with Crippen LogP contribution in [0.2, 0.25) is 0 Å². The van der Waals surface area contributed by atoms with E-state index in [2.05, 4.69) is 0 Å². The number of esters is 2. The van der Waals surface area contributed by atoms with Gasteiger partial charge in [-0.25, -0.2) is 4.79 Å². The number of hydrogen-bond donors (Lipinski definition) is 1. The smallest absolute Gasteiger partial charge is 0.341 e. The van der Waals surface area contributed by atoms with E-state index in [-0.39, 0.29) is 17.1 Å². The van der Waals surface area contributed by atoms with E-state index in [1.54, 1.807) is 12.1 Å². The summed E-state index contributed by atoms with van der Waals surface area (Å²) in [7, 11) is 0. The van der Waals surface area contributed by atoms with E-state index in [9.17, 15) is 14.4 Å². The van der Waals surface area contributed by atoms with Crippen LogP contribution in [0.3, 0.4) is 0 Å². The maximum atomic E-state index is 12.3. The van der Waals surface area contributed by atoms with Gasteiger partial charge in [0.25, 0.3) is 0 Å². The molecule has 0 aliphatic carbocycles. The summed E-state index contributed by atoms with van der Waals surface area (Å²) in [6.45, 7) is 4.45. The van der Waals surface area contributed by atoms with Crippen molar-refractivity contribution in [3.63, 3.8) is 0 Å². The first kappa shape index (κ1) is 18.7. The van der Waals surface area contributed by atoms with Crippen LogP contribution in [0.25, 0.3) is 11.0 Å². The summed E-state index contributed by atoms with van der Waals surface area (Å²) in [6.07, 6.45) is 2.52. The average molecular weight is 347 g/mol. The van der Waals surface area contributed by atoms with E-state index in [4.69, 9.17) is 19.6 Å². The van der Waals surface area contributed by atoms with Gasteiger partial charge >= 0.3 is 17.6 Å². The molecule has 1 heterocycles. The Morgan fingerprint density at radius 1 is 1.20 bits per heavy atom. The molecule has 0 amide bonds. The van der Waals surface area contributed by atoms with Crippen LogP contribution in [0.4, 0.5) is 0 Å². The first-order valence-corrected chi connectivity index (χ1v) is 8.06. The van der Waals surface area contributed by atoms with Crippen LogP contribution in [0.1, 0.15) is 51.6 Å². The third-order valence-corrected chi connectivity index (χ3v) is 3.62. The molecule has 0 aliphatic heterocycles. The van der Waals surface area contributed by atoms with Crippen LogP contribution in [0, 0.1) is 0 Å². The molecule has 0 bridgehead atoms. The molecule has 0 saturated carbocycles. The topological polar surface area (TPSA) is 109 Å². The molecule has 25 heavy (non-hydrogen) atoms. The molecule has 2 aromatic rings. The van der Waals surface area contributed by atoms with Crippen molar-refractivity contribution in [2.45, 2.75) is 46.1 Å². The molecule has 0 aliphatic rings. The second-order valence-electron chi connectivity index (χ2n) is 5.74. The molecule has 0 radical (unpaired) electrons. The fourth-order valence-electron chi connectivity index (χ4n) is 2.47. The van der Waals surface area contributed by atoms with Crippen LogP contribution >= 0.6 is 0 Å². The molecule has 1 aromatic heterocycles. The largest absolute Gasteiger partial charge is 0.423 e. The molecule has 7 heteroatoms. The molecule has 0 fully saturated rings. The summed E-state index contributed by atoms with van der Waals surface area (Å²) in [6, 6.07) is 4.26. The highest BCUT2D eigenvalue weighted by molar-refractivity contribution is 5.89. The van der Waals surface area contributed by atoms with Gasteiger partial charge in [-0.2, -0.15) is 0 Å². The van der Waals surface area contributed by atoms with Gasteiger partial charge in [-0.15, -0.1) is 0 Å². The lowest BCUT2D eigenvalue weighted by molar-refractivity contribution is -0.134. The van der Waals surface area contributed by atoms with E-state index in [0.717, 1.165) is 12.8 Å². The molecule has 7 nitrogen and oxygen atoms in total. The van der Waals surface area contributed by atoms with Crippen LogP contribution < -0.4 is 20.8 Å². The Hall–Kier alpha value is -2.67. The van der Waals surface area contributed by atoms with Crippen LogP contribution in [-0.2, 0) is 9.59 Å². The summed E-state index contributed by atoms with van der Waals surface area (Å²) in [5, 5.41) is 0.522. The minimum atomic E-state index is -0.632. The lowest BCUT2D eigenvalue weighted by atomic mass is 10.0. The molecule has 2 N–H and O–H groups in total. The first-order valence-electron chi connectivity index (χ1n) is 8.06. The molecule has 0 saturated heterocycles. The van der Waals surface area contributed by atoms with Gasteiger partial charge in [0.1, 0.15) is 0 Å². The number of fused-ring (bicyclic) bond motifs is 1. The maximum absolute atomic E-state index is 12.3. The van der Waals surface area contributed by atoms with Crippen molar-refractivity contribution in [2.75, 3.05) is 0 Å². The van der Waals surface area contributed by atoms with Gasteiger partial charge in [0, 0.05) is 25.3 Å². The van der Waals surface area contributed by atoms with E-state index in [1.807, 2.05) is 6.92 Å². The van der Waals surface area contributed by atoms with Crippen LogP contribution in [0.15, 0.2) is 27.4 Å². The van der Waals surface area contributed by atoms with Crippen molar-refractivity contribution in [3.8, 4) is 11.5 Å². The van der Waals surface area contributed by atoms with Crippen LogP contribution in [0.5, 0.6) is 11.5 Å². The number of unbranched alkanes of at least 4 members (excludes halogenated alkanes) is 1. The fraction of sp³-hybridized carbons (Fsp3) is 0.389. The Kier molecular flexibility index (Phi) is 5.93. The fourth-order valence-corrected chi connectivity index (χ4v) is 2.47. The highest BCUT2D eigenvalue weighted by Crippen LogP contribution is 2.36. The quantitative estimate of drug-likeness (QED) is 0.486. The molecular weight excluding hydrogens is 326 g/mol. The number of ether oxygens (including phenoxy) is 2. The van der Waals surface area contributed by atoms with Gasteiger partial charge in [-0.3, -0.25) is 9.59 Å². The third kappa shape index (κ3) is 4.45. The average Bonchev–Trinajstić information content (AvgIpc) is 2.53. The number of carbonyl (C=O) groups is 2. The van der Waals surface area contributed by atoms with E-state index >= 15 is 0 Å². The van der Waals surface area contributed by atoms with Crippen molar-refractivity contribution in [3.05, 3.63) is 34.2 Å². The molecule has 0 spiro atoms. The lowest BCUT2D eigenvalue weighted by Gasteiger charge is -2.13. The molecule has 1 atom stereocenters. The molecule has 1 aromatic carbocycles. The summed E-state index contributed by atoms with van der Waals surface area (Å²) in [4.78, 5) is 34.9. The minimum Gasteiger partial charge on any atom is -0.423 e. The maximum Gasteiger partial charge on any atom is 0.341 e. The lowest BCUT2D eigenvalue weighted by Crippen LogP contribution is -2.19. The van der Waals surface area contributed by atoms with E-state index < -0.39 is 23.6 Å². The summed E-state index contributed by atoms with van der Waals surface area (Å²) >= 11 is 0. The summed E-state index contributed by atoms with van der Waals surface area (Å²) < 4.78 is 15.5. The second kappa shape index (κ2) is 7.94. The van der Waals surface area contributed by atoms with Crippen LogP contribution in [-0.4, -0.2) is 11.9 Å². The SMILES string of the molecule is CCCCC(N)c1cc2ccc(OC(C)=O)c(OC(C)=O)c2oc1=O. The highest BCUT2D eigenvalue weighted by Gasteiger charge is 2.20. The second-order valence-corrected chi connectivity index (χ2v) is 5.74.